The Hall–Kier alpha value is -2.72. The number of alkyl halides is 3. The number of nitrogens with zero attached hydrogens (tertiary/aromatic N) is 2. The molecule has 0 bridgehead atoms. The first-order valence-corrected chi connectivity index (χ1v) is 9.00. The fourth-order valence-corrected chi connectivity index (χ4v) is 3.84. The number of thioether (sulfide) groups is 1. The molecule has 0 aromatic heterocycles. The second kappa shape index (κ2) is 7.36. The highest BCUT2D eigenvalue weighted by atomic mass is 32.2. The van der Waals surface area contributed by atoms with E-state index < -0.39 is 22.6 Å². The monoisotopic (exact) mass is 424 g/mol. The third-order valence-corrected chi connectivity index (χ3v) is 5.29. The molecule has 0 unspecified atom stereocenters. The molecule has 0 N–H and O–H groups in total. The van der Waals surface area contributed by atoms with E-state index >= 15 is 0 Å². The number of hydrogen-bond acceptors (Lipinski definition) is 5. The lowest BCUT2D eigenvalue weighted by Crippen LogP contribution is -2.27. The number of nitro groups is 1. The van der Waals surface area contributed by atoms with E-state index in [-0.39, 0.29) is 20.6 Å². The Labute approximate surface area is 167 Å². The number of nitro benzene ring substituents is 1. The summed E-state index contributed by atoms with van der Waals surface area (Å²) in [4.78, 5) is 24.3. The summed E-state index contributed by atoms with van der Waals surface area (Å²) in [5.41, 5.74) is 0.146. The molecule has 28 heavy (non-hydrogen) atoms. The van der Waals surface area contributed by atoms with Crippen molar-refractivity contribution >= 4 is 51.7 Å². The Morgan fingerprint density at radius 2 is 1.93 bits per heavy atom. The third-order valence-electron chi connectivity index (χ3n) is 3.99. The number of hydrogen-bond donors (Lipinski definition) is 0. The van der Waals surface area contributed by atoms with Gasteiger partial charge in [0.05, 0.1) is 21.1 Å². The number of thiocarbonyl (C=S) groups is 1. The van der Waals surface area contributed by atoms with Gasteiger partial charge in [-0.25, -0.2) is 0 Å². The van der Waals surface area contributed by atoms with Crippen LogP contribution in [-0.2, 0) is 11.0 Å². The van der Waals surface area contributed by atoms with Crippen LogP contribution in [0.2, 0.25) is 0 Å². The predicted molar refractivity (Wildman–Crippen MR) is 105 cm³/mol. The molecular formula is C18H11F3N2O3S2. The van der Waals surface area contributed by atoms with Crippen molar-refractivity contribution < 1.29 is 22.9 Å². The Morgan fingerprint density at radius 3 is 2.57 bits per heavy atom. The molecule has 1 heterocycles. The maximum atomic E-state index is 13.0. The van der Waals surface area contributed by atoms with Crippen LogP contribution in [0.1, 0.15) is 16.7 Å². The average Bonchev–Trinajstić information content (AvgIpc) is 2.89. The summed E-state index contributed by atoms with van der Waals surface area (Å²) in [5, 5.41) is 11.0. The van der Waals surface area contributed by atoms with Crippen LogP contribution in [0.3, 0.4) is 0 Å². The van der Waals surface area contributed by atoms with E-state index in [0.29, 0.717) is 11.1 Å². The minimum Gasteiger partial charge on any atom is -0.268 e. The summed E-state index contributed by atoms with van der Waals surface area (Å²) in [6.45, 7) is 1.73. The standard InChI is InChI=1S/C18H11F3N2O3S2/c1-10-5-6-14(23(25)26)7-11(10)8-15-16(24)22(17(27)28-15)13-4-2-3-12(9-13)18(19,20)21/h2-9H,1H3/b15-8-. The number of carbonyl (C=O) groups excluding carboxylic acids is 1. The maximum Gasteiger partial charge on any atom is 0.416 e. The van der Waals surface area contributed by atoms with E-state index in [1.165, 1.54) is 30.3 Å². The van der Waals surface area contributed by atoms with Crippen LogP contribution in [0, 0.1) is 17.0 Å². The van der Waals surface area contributed by atoms with Gasteiger partial charge in [-0.05, 0) is 42.3 Å². The highest BCUT2D eigenvalue weighted by Gasteiger charge is 2.36. The molecular weight excluding hydrogens is 413 g/mol. The second-order valence-electron chi connectivity index (χ2n) is 5.86. The van der Waals surface area contributed by atoms with Gasteiger partial charge < -0.3 is 0 Å². The largest absolute Gasteiger partial charge is 0.416 e. The summed E-state index contributed by atoms with van der Waals surface area (Å²) in [5.74, 6) is -0.583. The van der Waals surface area contributed by atoms with E-state index in [4.69, 9.17) is 12.2 Å². The van der Waals surface area contributed by atoms with Gasteiger partial charge >= 0.3 is 6.18 Å². The first-order chi connectivity index (χ1) is 13.1. The zero-order valence-corrected chi connectivity index (χ0v) is 15.8. The molecule has 0 spiro atoms. The van der Waals surface area contributed by atoms with Crippen LogP contribution in [-0.4, -0.2) is 15.2 Å². The fraction of sp³-hybridized carbons (Fsp3) is 0.111. The zero-order chi connectivity index (χ0) is 20.6. The van der Waals surface area contributed by atoms with Crippen LogP contribution in [0.15, 0.2) is 47.4 Å². The van der Waals surface area contributed by atoms with Gasteiger partial charge in [-0.2, -0.15) is 13.2 Å². The number of aryl methyl sites for hydroxylation is 1. The van der Waals surface area contributed by atoms with Crippen molar-refractivity contribution in [3.8, 4) is 0 Å². The molecule has 2 aromatic rings. The predicted octanol–water partition coefficient (Wildman–Crippen LogP) is 5.33. The van der Waals surface area contributed by atoms with Gasteiger partial charge in [0.1, 0.15) is 0 Å². The quantitative estimate of drug-likeness (QED) is 0.289. The Kier molecular flexibility index (Phi) is 5.26. The molecule has 1 aliphatic rings. The molecule has 3 rings (SSSR count). The van der Waals surface area contributed by atoms with Crippen LogP contribution >= 0.6 is 24.0 Å². The van der Waals surface area contributed by atoms with Crippen molar-refractivity contribution in [3.05, 3.63) is 74.2 Å². The molecule has 1 aliphatic heterocycles. The lowest BCUT2D eigenvalue weighted by molar-refractivity contribution is -0.384. The van der Waals surface area contributed by atoms with Gasteiger partial charge in [-0.3, -0.25) is 19.8 Å². The lowest BCUT2D eigenvalue weighted by atomic mass is 10.1. The minimum absolute atomic E-state index is 0.0106. The smallest absolute Gasteiger partial charge is 0.268 e. The van der Waals surface area contributed by atoms with Crippen molar-refractivity contribution in [2.24, 2.45) is 0 Å². The van der Waals surface area contributed by atoms with E-state index in [0.717, 1.165) is 28.8 Å². The number of rotatable bonds is 3. The Balaban J connectivity index is 1.98. The van der Waals surface area contributed by atoms with Crippen molar-refractivity contribution in [2.75, 3.05) is 4.90 Å². The van der Waals surface area contributed by atoms with Gasteiger partial charge in [0.15, 0.2) is 4.32 Å². The molecule has 144 valence electrons. The summed E-state index contributed by atoms with van der Waals surface area (Å²) in [6.07, 6.45) is -3.10. The van der Waals surface area contributed by atoms with Gasteiger partial charge in [0.25, 0.3) is 11.6 Å². The summed E-state index contributed by atoms with van der Waals surface area (Å²) < 4.78 is 38.9. The molecule has 0 saturated carbocycles. The van der Waals surface area contributed by atoms with Crippen LogP contribution in [0.25, 0.3) is 6.08 Å². The molecule has 1 saturated heterocycles. The van der Waals surface area contributed by atoms with Crippen molar-refractivity contribution in [2.45, 2.75) is 13.1 Å². The molecule has 0 atom stereocenters. The number of halogens is 3. The van der Waals surface area contributed by atoms with E-state index in [9.17, 15) is 28.1 Å². The third kappa shape index (κ3) is 3.92. The molecule has 2 aromatic carbocycles. The van der Waals surface area contributed by atoms with Gasteiger partial charge in [-0.15, -0.1) is 0 Å². The van der Waals surface area contributed by atoms with E-state index in [2.05, 4.69) is 0 Å². The Bertz CT molecular complexity index is 1030. The number of carbonyl (C=O) groups is 1. The summed E-state index contributed by atoms with van der Waals surface area (Å²) >= 11 is 6.09. The number of amides is 1. The molecule has 0 radical (unpaired) electrons. The van der Waals surface area contributed by atoms with Crippen molar-refractivity contribution in [3.63, 3.8) is 0 Å². The first-order valence-electron chi connectivity index (χ1n) is 7.78. The maximum absolute atomic E-state index is 13.0. The van der Waals surface area contributed by atoms with Crippen LogP contribution in [0.5, 0.6) is 0 Å². The molecule has 1 amide bonds. The molecule has 10 heteroatoms. The number of anilines is 1. The lowest BCUT2D eigenvalue weighted by Gasteiger charge is -2.16. The minimum atomic E-state index is -4.55. The highest BCUT2D eigenvalue weighted by molar-refractivity contribution is 8.27. The van der Waals surface area contributed by atoms with Gasteiger partial charge in [0.2, 0.25) is 0 Å². The number of non-ortho nitro benzene ring substituents is 1. The molecule has 5 nitrogen and oxygen atoms in total. The first kappa shape index (κ1) is 20.0. The topological polar surface area (TPSA) is 63.5 Å². The normalized spacial score (nSPS) is 16.1. The van der Waals surface area contributed by atoms with Gasteiger partial charge in [-0.1, -0.05) is 36.1 Å². The number of benzene rings is 2. The van der Waals surface area contributed by atoms with E-state index in [1.54, 1.807) is 13.0 Å². The molecule has 1 fully saturated rings. The van der Waals surface area contributed by atoms with E-state index in [1.807, 2.05) is 0 Å². The summed E-state index contributed by atoms with van der Waals surface area (Å²) in [6, 6.07) is 8.55. The highest BCUT2D eigenvalue weighted by Crippen LogP contribution is 2.38. The Morgan fingerprint density at radius 1 is 1.21 bits per heavy atom. The summed E-state index contributed by atoms with van der Waals surface area (Å²) in [7, 11) is 0. The van der Waals surface area contributed by atoms with Gasteiger partial charge in [0, 0.05) is 12.1 Å². The zero-order valence-electron chi connectivity index (χ0n) is 14.2. The average molecular weight is 424 g/mol. The fourth-order valence-electron chi connectivity index (χ4n) is 2.55. The van der Waals surface area contributed by atoms with Crippen LogP contribution in [0.4, 0.5) is 24.5 Å². The second-order valence-corrected chi connectivity index (χ2v) is 7.54. The molecule has 0 aliphatic carbocycles. The van der Waals surface area contributed by atoms with Crippen LogP contribution < -0.4 is 4.90 Å². The van der Waals surface area contributed by atoms with Crippen molar-refractivity contribution in [1.82, 2.24) is 0 Å². The van der Waals surface area contributed by atoms with Crippen molar-refractivity contribution in [1.29, 1.82) is 0 Å². The SMILES string of the molecule is Cc1ccc([N+](=O)[O-])cc1/C=C1\SC(=S)N(c2cccc(C(F)(F)F)c2)C1=O.